The van der Waals surface area contributed by atoms with Crippen LogP contribution in [0.15, 0.2) is 74.1 Å². The van der Waals surface area contributed by atoms with Crippen LogP contribution in [0, 0.1) is 13.8 Å². The Labute approximate surface area is 250 Å². The number of allylic oxidation sites excluding steroid dienone is 1. The van der Waals surface area contributed by atoms with Crippen LogP contribution in [0.5, 0.6) is 11.5 Å². The Morgan fingerprint density at radius 3 is 2.41 bits per heavy atom. The van der Waals surface area contributed by atoms with E-state index < -0.39 is 12.0 Å². The first-order chi connectivity index (χ1) is 19.7. The van der Waals surface area contributed by atoms with Gasteiger partial charge >= 0.3 is 5.97 Å². The molecule has 0 amide bonds. The predicted octanol–water partition coefficient (Wildman–Crippen LogP) is 4.99. The molecule has 0 saturated carbocycles. The number of nitrogens with zero attached hydrogens (tertiary/aromatic N) is 3. The number of aryl methyl sites for hydroxylation is 1. The van der Waals surface area contributed by atoms with Gasteiger partial charge in [0.05, 0.1) is 42.7 Å². The molecule has 2 aromatic heterocycles. The van der Waals surface area contributed by atoms with Gasteiger partial charge in [0.2, 0.25) is 0 Å². The largest absolute Gasteiger partial charge is 0.493 e. The highest BCUT2D eigenvalue weighted by Gasteiger charge is 2.34. The molecule has 4 aromatic rings. The number of rotatable bonds is 7. The monoisotopic (exact) mass is 635 g/mol. The molecule has 3 heterocycles. The molecule has 0 N–H and O–H groups in total. The molecule has 2 aromatic carbocycles. The maximum Gasteiger partial charge on any atom is 0.338 e. The van der Waals surface area contributed by atoms with Gasteiger partial charge in [-0.05, 0) is 87.4 Å². The van der Waals surface area contributed by atoms with E-state index in [4.69, 9.17) is 14.2 Å². The van der Waals surface area contributed by atoms with Crippen LogP contribution in [0.1, 0.15) is 42.4 Å². The molecular weight excluding hydrogens is 606 g/mol. The zero-order valence-electron chi connectivity index (χ0n) is 23.6. The van der Waals surface area contributed by atoms with Gasteiger partial charge in [0.25, 0.3) is 5.56 Å². The second-order valence-corrected chi connectivity index (χ2v) is 11.5. The number of esters is 1. The zero-order valence-corrected chi connectivity index (χ0v) is 26.1. The molecule has 0 saturated heterocycles. The van der Waals surface area contributed by atoms with Gasteiger partial charge in [-0.15, -0.1) is 0 Å². The summed E-state index contributed by atoms with van der Waals surface area (Å²) in [5.74, 6) is 0.523. The highest BCUT2D eigenvalue weighted by Crippen LogP contribution is 2.36. The lowest BCUT2D eigenvalue weighted by atomic mass is 9.95. The Morgan fingerprint density at radius 1 is 1.05 bits per heavy atom. The van der Waals surface area contributed by atoms with Crippen molar-refractivity contribution in [1.82, 2.24) is 9.13 Å². The summed E-state index contributed by atoms with van der Waals surface area (Å²) in [7, 11) is 3.10. The minimum absolute atomic E-state index is 0.201. The molecule has 10 heteroatoms. The summed E-state index contributed by atoms with van der Waals surface area (Å²) >= 11 is 4.79. The Kier molecular flexibility index (Phi) is 8.06. The van der Waals surface area contributed by atoms with Crippen LogP contribution >= 0.6 is 27.3 Å². The van der Waals surface area contributed by atoms with Gasteiger partial charge in [-0.2, -0.15) is 0 Å². The summed E-state index contributed by atoms with van der Waals surface area (Å²) in [5.41, 5.74) is 5.28. The molecule has 0 spiro atoms. The SMILES string of the molecule is CCOC(=O)C1=C(C)N=c2sc(=Cc3cc(C)n(-c4ccc(Br)cc4)c3C)c(=O)n2[C@@H]1c1ccc(OC)c(OC)c1. The van der Waals surface area contributed by atoms with E-state index in [9.17, 15) is 9.59 Å². The third-order valence-corrected chi connectivity index (χ3v) is 8.59. The van der Waals surface area contributed by atoms with E-state index in [0.29, 0.717) is 37.7 Å². The molecular formula is C31H30BrN3O5S. The normalized spacial score (nSPS) is 15.0. The van der Waals surface area contributed by atoms with Gasteiger partial charge in [-0.1, -0.05) is 33.3 Å². The average Bonchev–Trinajstić information content (AvgIpc) is 3.41. The average molecular weight is 637 g/mol. The van der Waals surface area contributed by atoms with Crippen molar-refractivity contribution < 1.29 is 19.0 Å². The first-order valence-corrected chi connectivity index (χ1v) is 14.7. The van der Waals surface area contributed by atoms with Gasteiger partial charge in [0.15, 0.2) is 16.3 Å². The lowest BCUT2D eigenvalue weighted by Crippen LogP contribution is -2.40. The zero-order chi connectivity index (χ0) is 29.4. The molecule has 0 aliphatic carbocycles. The van der Waals surface area contributed by atoms with Gasteiger partial charge < -0.3 is 18.8 Å². The number of hydrogen-bond acceptors (Lipinski definition) is 7. The topological polar surface area (TPSA) is 84.1 Å². The van der Waals surface area contributed by atoms with Crippen LogP contribution in [0.3, 0.4) is 0 Å². The Bertz CT molecular complexity index is 1860. The molecule has 5 rings (SSSR count). The van der Waals surface area contributed by atoms with Crippen LogP contribution in [0.4, 0.5) is 0 Å². The Morgan fingerprint density at radius 2 is 1.76 bits per heavy atom. The fourth-order valence-electron chi connectivity index (χ4n) is 5.19. The molecule has 212 valence electrons. The van der Waals surface area contributed by atoms with Gasteiger partial charge in [0.1, 0.15) is 0 Å². The summed E-state index contributed by atoms with van der Waals surface area (Å²) in [4.78, 5) is 32.5. The van der Waals surface area contributed by atoms with E-state index in [1.807, 2.05) is 50.3 Å². The van der Waals surface area contributed by atoms with Crippen molar-refractivity contribution in [1.29, 1.82) is 0 Å². The maximum absolute atomic E-state index is 14.1. The number of thiazole rings is 1. The summed E-state index contributed by atoms with van der Waals surface area (Å²) in [6, 6.07) is 14.8. The summed E-state index contributed by atoms with van der Waals surface area (Å²) in [5, 5.41) is 0. The number of halogens is 1. The summed E-state index contributed by atoms with van der Waals surface area (Å²) in [6.45, 7) is 7.79. The van der Waals surface area contributed by atoms with Crippen molar-refractivity contribution in [3.05, 3.63) is 106 Å². The van der Waals surface area contributed by atoms with Crippen LogP contribution in [0.2, 0.25) is 0 Å². The van der Waals surface area contributed by atoms with Crippen LogP contribution in [-0.2, 0) is 9.53 Å². The van der Waals surface area contributed by atoms with E-state index in [0.717, 1.165) is 27.1 Å². The highest BCUT2D eigenvalue weighted by molar-refractivity contribution is 9.10. The lowest BCUT2D eigenvalue weighted by molar-refractivity contribution is -0.139. The number of fused-ring (bicyclic) bond motifs is 1. The minimum atomic E-state index is -0.748. The van der Waals surface area contributed by atoms with Crippen LogP contribution < -0.4 is 24.4 Å². The first kappa shape index (κ1) is 28.6. The van der Waals surface area contributed by atoms with E-state index in [2.05, 4.69) is 31.6 Å². The molecule has 0 fully saturated rings. The van der Waals surface area contributed by atoms with Gasteiger partial charge in [-0.3, -0.25) is 9.36 Å². The number of hydrogen-bond donors (Lipinski definition) is 0. The molecule has 1 aliphatic rings. The fraction of sp³-hybridized carbons (Fsp3) is 0.258. The Balaban J connectivity index is 1.70. The van der Waals surface area contributed by atoms with E-state index in [-0.39, 0.29) is 12.2 Å². The smallest absolute Gasteiger partial charge is 0.338 e. The number of benzene rings is 2. The van der Waals surface area contributed by atoms with Crippen molar-refractivity contribution in [3.8, 4) is 17.2 Å². The van der Waals surface area contributed by atoms with E-state index in [1.54, 1.807) is 44.8 Å². The number of methoxy groups -OCH3 is 2. The minimum Gasteiger partial charge on any atom is -0.493 e. The van der Waals surface area contributed by atoms with Gasteiger partial charge in [0, 0.05) is 21.5 Å². The second kappa shape index (κ2) is 11.5. The highest BCUT2D eigenvalue weighted by atomic mass is 79.9. The van der Waals surface area contributed by atoms with Crippen molar-refractivity contribution >= 4 is 39.3 Å². The van der Waals surface area contributed by atoms with Gasteiger partial charge in [-0.25, -0.2) is 9.79 Å². The number of aromatic nitrogens is 2. The molecule has 41 heavy (non-hydrogen) atoms. The van der Waals surface area contributed by atoms with Crippen molar-refractivity contribution in [2.75, 3.05) is 20.8 Å². The summed E-state index contributed by atoms with van der Waals surface area (Å²) in [6.07, 6.45) is 1.90. The quantitative estimate of drug-likeness (QED) is 0.267. The third-order valence-electron chi connectivity index (χ3n) is 7.08. The second-order valence-electron chi connectivity index (χ2n) is 9.55. The fourth-order valence-corrected chi connectivity index (χ4v) is 6.49. The maximum atomic E-state index is 14.1. The van der Waals surface area contributed by atoms with Crippen LogP contribution in [-0.4, -0.2) is 35.9 Å². The Hall–Kier alpha value is -3.89. The number of ether oxygens (including phenoxy) is 3. The molecule has 0 bridgehead atoms. The standard InChI is InChI=1S/C31H30BrN3O5S/c1-7-40-30(37)27-18(3)33-31-35(28(27)20-8-13-24(38-5)25(15-20)39-6)29(36)26(41-31)16-21-14-17(2)34(19(21)4)23-11-9-22(32)10-12-23/h8-16,28H,7H2,1-6H3/t28-/m1/s1. The predicted molar refractivity (Wildman–Crippen MR) is 163 cm³/mol. The third kappa shape index (κ3) is 5.17. The first-order valence-electron chi connectivity index (χ1n) is 13.0. The number of carbonyl (C=O) groups is 1. The molecule has 0 unspecified atom stereocenters. The van der Waals surface area contributed by atoms with Crippen molar-refractivity contribution in [3.63, 3.8) is 0 Å². The van der Waals surface area contributed by atoms with Crippen molar-refractivity contribution in [2.24, 2.45) is 4.99 Å². The van der Waals surface area contributed by atoms with E-state index >= 15 is 0 Å². The summed E-state index contributed by atoms with van der Waals surface area (Å²) < 4.78 is 21.6. The molecule has 1 aliphatic heterocycles. The molecule has 0 radical (unpaired) electrons. The number of carbonyl (C=O) groups excluding carboxylic acids is 1. The van der Waals surface area contributed by atoms with Crippen LogP contribution in [0.25, 0.3) is 11.8 Å². The van der Waals surface area contributed by atoms with Crippen molar-refractivity contribution in [2.45, 2.75) is 33.7 Å². The molecule has 1 atom stereocenters. The van der Waals surface area contributed by atoms with E-state index in [1.165, 1.54) is 11.3 Å². The lowest BCUT2D eigenvalue weighted by Gasteiger charge is -2.25. The molecule has 8 nitrogen and oxygen atoms in total.